The fourth-order valence-corrected chi connectivity index (χ4v) is 8.57. The first-order valence-electron chi connectivity index (χ1n) is 16.5. The van der Waals surface area contributed by atoms with E-state index in [1.165, 1.54) is 36.8 Å². The van der Waals surface area contributed by atoms with Crippen molar-refractivity contribution in [2.45, 2.75) is 75.4 Å². The summed E-state index contributed by atoms with van der Waals surface area (Å²) >= 11 is 0. The van der Waals surface area contributed by atoms with E-state index in [1.807, 2.05) is 23.1 Å². The number of rotatable bonds is 7. The lowest BCUT2D eigenvalue weighted by molar-refractivity contribution is 0.0572. The van der Waals surface area contributed by atoms with Crippen LogP contribution < -0.4 is 0 Å². The molecule has 0 N–H and O–H groups in total. The van der Waals surface area contributed by atoms with Gasteiger partial charge in [-0.2, -0.15) is 0 Å². The summed E-state index contributed by atoms with van der Waals surface area (Å²) in [5, 5.41) is 4.13. The molecular weight excluding hydrogens is 560 g/mol. The van der Waals surface area contributed by atoms with E-state index in [2.05, 4.69) is 81.1 Å². The van der Waals surface area contributed by atoms with Gasteiger partial charge < -0.3 is 14.0 Å². The number of carbonyl (C=O) groups excluding carboxylic acids is 1. The van der Waals surface area contributed by atoms with Gasteiger partial charge in [-0.1, -0.05) is 53.7 Å². The van der Waals surface area contributed by atoms with E-state index in [0.29, 0.717) is 42.6 Å². The Morgan fingerprint density at radius 2 is 1.62 bits per heavy atom. The van der Waals surface area contributed by atoms with Gasteiger partial charge in [0.1, 0.15) is 11.5 Å². The summed E-state index contributed by atoms with van der Waals surface area (Å²) in [6.07, 6.45) is 9.65. The Labute approximate surface area is 264 Å². The maximum Gasteiger partial charge on any atom is 0.292 e. The largest absolute Gasteiger partial charge is 0.350 e. The van der Waals surface area contributed by atoms with Crippen LogP contribution in [0.4, 0.5) is 0 Å². The maximum absolute atomic E-state index is 13.5. The predicted molar refractivity (Wildman–Crippen MR) is 174 cm³/mol. The quantitative estimate of drug-likeness (QED) is 0.204. The minimum absolute atomic E-state index is 0.0476. The zero-order valence-corrected chi connectivity index (χ0v) is 25.9. The third-order valence-electron chi connectivity index (χ3n) is 10.9. The second-order valence-electron chi connectivity index (χ2n) is 13.2. The number of likely N-dealkylation sites (tertiary alicyclic amines) is 1. The standard InChI is InChI=1S/C37H40N6O2/c1-26-39-32-12-5-6-13-34(32)43(26)30-23-28-14-15-29(24-30)42(28)22-18-37(27-9-3-2-4-10-27)16-20-41(21-17-37)36(44)35-25-33(40-45-35)31-11-7-8-19-38-31/h2-13,19,25,28-30H,14-18,20-24H2,1H3/t28-,29?,30?/m1/s1. The molecule has 6 heterocycles. The molecule has 5 aromatic rings. The molecule has 0 saturated carbocycles. The number of nitrogens with zero attached hydrogens (tertiary/aromatic N) is 6. The molecule has 8 nitrogen and oxygen atoms in total. The van der Waals surface area contributed by atoms with E-state index in [1.54, 1.807) is 12.3 Å². The number of hydrogen-bond donors (Lipinski definition) is 0. The summed E-state index contributed by atoms with van der Waals surface area (Å²) in [5.74, 6) is 1.33. The van der Waals surface area contributed by atoms with Crippen LogP contribution in [0.15, 0.2) is 89.6 Å². The lowest BCUT2D eigenvalue weighted by atomic mass is 9.70. The normalized spacial score (nSPS) is 23.0. The number of aromatic nitrogens is 4. The van der Waals surface area contributed by atoms with Crippen molar-refractivity contribution < 1.29 is 9.32 Å². The number of hydrogen-bond acceptors (Lipinski definition) is 6. The van der Waals surface area contributed by atoms with Crippen molar-refractivity contribution in [3.8, 4) is 11.4 Å². The molecule has 2 aromatic carbocycles. The van der Waals surface area contributed by atoms with Crippen LogP contribution in [0.5, 0.6) is 0 Å². The van der Waals surface area contributed by atoms with Crippen molar-refractivity contribution >= 4 is 16.9 Å². The summed E-state index contributed by atoms with van der Waals surface area (Å²) in [4.78, 5) is 27.5. The van der Waals surface area contributed by atoms with E-state index in [4.69, 9.17) is 9.51 Å². The molecule has 3 saturated heterocycles. The van der Waals surface area contributed by atoms with Gasteiger partial charge in [-0.3, -0.25) is 14.7 Å². The molecule has 2 bridgehead atoms. The van der Waals surface area contributed by atoms with Crippen molar-refractivity contribution in [2.24, 2.45) is 0 Å². The minimum Gasteiger partial charge on any atom is -0.350 e. The molecule has 0 aliphatic carbocycles. The average Bonchev–Trinajstić information content (AvgIpc) is 3.78. The molecule has 1 amide bonds. The van der Waals surface area contributed by atoms with Crippen LogP contribution in [0, 0.1) is 6.92 Å². The number of para-hydroxylation sites is 2. The van der Waals surface area contributed by atoms with Gasteiger partial charge in [0, 0.05) is 43.5 Å². The molecule has 0 radical (unpaired) electrons. The smallest absolute Gasteiger partial charge is 0.292 e. The molecule has 3 atom stereocenters. The van der Waals surface area contributed by atoms with Crippen molar-refractivity contribution in [3.63, 3.8) is 0 Å². The Kier molecular flexibility index (Phi) is 7.25. The van der Waals surface area contributed by atoms with Crippen LogP contribution in [0.1, 0.15) is 72.9 Å². The summed E-state index contributed by atoms with van der Waals surface area (Å²) in [6, 6.07) is 28.7. The second-order valence-corrected chi connectivity index (χ2v) is 13.2. The number of piperidine rings is 2. The Bertz CT molecular complexity index is 1780. The van der Waals surface area contributed by atoms with Crippen LogP contribution >= 0.6 is 0 Å². The first-order valence-corrected chi connectivity index (χ1v) is 16.5. The first-order chi connectivity index (χ1) is 22.1. The summed E-state index contributed by atoms with van der Waals surface area (Å²) in [5.41, 5.74) is 5.12. The zero-order valence-electron chi connectivity index (χ0n) is 25.9. The van der Waals surface area contributed by atoms with E-state index >= 15 is 0 Å². The van der Waals surface area contributed by atoms with Crippen LogP contribution in [-0.4, -0.2) is 67.1 Å². The molecule has 8 rings (SSSR count). The van der Waals surface area contributed by atoms with Crippen molar-refractivity contribution in [1.82, 2.24) is 29.5 Å². The van der Waals surface area contributed by atoms with Crippen molar-refractivity contribution in [1.29, 1.82) is 0 Å². The average molecular weight is 601 g/mol. The number of carbonyl (C=O) groups is 1. The number of benzene rings is 2. The highest BCUT2D eigenvalue weighted by molar-refractivity contribution is 5.92. The number of pyridine rings is 1. The highest BCUT2D eigenvalue weighted by Crippen LogP contribution is 2.45. The van der Waals surface area contributed by atoms with Gasteiger partial charge in [0.15, 0.2) is 0 Å². The molecule has 0 spiro atoms. The molecule has 45 heavy (non-hydrogen) atoms. The van der Waals surface area contributed by atoms with Crippen LogP contribution in [0.3, 0.4) is 0 Å². The van der Waals surface area contributed by atoms with Crippen LogP contribution in [0.2, 0.25) is 0 Å². The maximum atomic E-state index is 13.5. The molecule has 2 unspecified atom stereocenters. The fraction of sp³-hybridized carbons (Fsp3) is 0.405. The minimum atomic E-state index is -0.0891. The lowest BCUT2D eigenvalue weighted by Crippen LogP contribution is -2.49. The summed E-state index contributed by atoms with van der Waals surface area (Å²) in [7, 11) is 0. The Morgan fingerprint density at radius 1 is 0.889 bits per heavy atom. The Morgan fingerprint density at radius 3 is 2.38 bits per heavy atom. The van der Waals surface area contributed by atoms with E-state index in [-0.39, 0.29) is 17.1 Å². The van der Waals surface area contributed by atoms with Gasteiger partial charge >= 0.3 is 0 Å². The number of fused-ring (bicyclic) bond motifs is 3. The fourth-order valence-electron chi connectivity index (χ4n) is 8.57. The molecular formula is C37H40N6O2. The number of imidazole rings is 1. The Hall–Kier alpha value is -4.30. The van der Waals surface area contributed by atoms with Crippen LogP contribution in [0.25, 0.3) is 22.4 Å². The van der Waals surface area contributed by atoms with Gasteiger partial charge in [-0.05, 0) is 93.7 Å². The SMILES string of the molecule is Cc1nc2ccccc2n1C1CC2CC[C@H](C1)N2CCC1(c2ccccc2)CCN(C(=O)c2cc(-c3ccccn3)no2)CC1. The first kappa shape index (κ1) is 28.2. The molecule has 3 aromatic heterocycles. The lowest BCUT2D eigenvalue weighted by Gasteiger charge is -2.45. The molecule has 8 heteroatoms. The van der Waals surface area contributed by atoms with Gasteiger partial charge in [0.2, 0.25) is 5.76 Å². The third-order valence-corrected chi connectivity index (χ3v) is 10.9. The number of aryl methyl sites for hydroxylation is 1. The summed E-state index contributed by atoms with van der Waals surface area (Å²) < 4.78 is 8.02. The molecule has 3 aliphatic heterocycles. The molecule has 3 fully saturated rings. The van der Waals surface area contributed by atoms with Crippen molar-refractivity contribution in [3.05, 3.63) is 102 Å². The zero-order chi connectivity index (χ0) is 30.4. The van der Waals surface area contributed by atoms with Crippen LogP contribution in [-0.2, 0) is 5.41 Å². The topological polar surface area (TPSA) is 80.3 Å². The van der Waals surface area contributed by atoms with E-state index < -0.39 is 0 Å². The van der Waals surface area contributed by atoms with Gasteiger partial charge in [-0.25, -0.2) is 4.98 Å². The van der Waals surface area contributed by atoms with Gasteiger partial charge in [-0.15, -0.1) is 0 Å². The van der Waals surface area contributed by atoms with E-state index in [0.717, 1.165) is 37.1 Å². The second kappa shape index (κ2) is 11.6. The van der Waals surface area contributed by atoms with Gasteiger partial charge in [0.05, 0.1) is 16.7 Å². The molecule has 3 aliphatic rings. The van der Waals surface area contributed by atoms with Crippen molar-refractivity contribution in [2.75, 3.05) is 19.6 Å². The highest BCUT2D eigenvalue weighted by atomic mass is 16.5. The Balaban J connectivity index is 0.962. The predicted octanol–water partition coefficient (Wildman–Crippen LogP) is 6.83. The monoisotopic (exact) mass is 600 g/mol. The molecule has 230 valence electrons. The summed E-state index contributed by atoms with van der Waals surface area (Å²) in [6.45, 7) is 4.67. The van der Waals surface area contributed by atoms with E-state index in [9.17, 15) is 4.79 Å². The van der Waals surface area contributed by atoms with Gasteiger partial charge in [0.25, 0.3) is 5.91 Å². The third kappa shape index (κ3) is 5.15. The number of amides is 1. The highest BCUT2D eigenvalue weighted by Gasteiger charge is 2.44.